The zero-order valence-corrected chi connectivity index (χ0v) is 19.7. The lowest BCUT2D eigenvalue weighted by molar-refractivity contribution is -2.00. The Bertz CT molecular complexity index is 1390. The number of halogens is 1. The van der Waals surface area contributed by atoms with Crippen LogP contribution < -0.4 is 33.7 Å². The summed E-state index contributed by atoms with van der Waals surface area (Å²) in [6.45, 7) is 3.34. The second-order valence-corrected chi connectivity index (χ2v) is 8.68. The third kappa shape index (κ3) is 6.60. The minimum Gasteiger partial charge on any atom is -0.508 e. The number of phenolic OH excluding ortho intramolecular Hbond substituents is 1. The molecule has 0 saturated heterocycles. The molecule has 4 rings (SSSR count). The molecule has 0 spiro atoms. The molecule has 0 aliphatic rings. The fourth-order valence-corrected chi connectivity index (χ4v) is 3.94. The normalized spacial score (nSPS) is 11.8. The molecule has 0 amide bonds. The Balaban J connectivity index is 0.000000588. The van der Waals surface area contributed by atoms with E-state index in [9.17, 15) is 9.90 Å². The number of fused-ring (bicyclic) bond motifs is 1. The van der Waals surface area contributed by atoms with Crippen molar-refractivity contribution >= 4 is 33.2 Å². The first-order chi connectivity index (χ1) is 15.9. The summed E-state index contributed by atoms with van der Waals surface area (Å²) in [5, 5.41) is 12.0. The Labute approximate surface area is 199 Å². The standard InChI is InChI=1S/C22H18N2O4S.ClHO4/c1-12-21(13(2)25)29-22(23-12)24-18-11-20(14-4-7-16(27-3)8-5-14)28-19-9-6-15(26)10-17(18)19;2-1(3,4)5/h4-11,26H,1-3H3;(H,2,3,4,5)/b24-18+;. The zero-order valence-electron chi connectivity index (χ0n) is 18.2. The van der Waals surface area contributed by atoms with Crippen LogP contribution in [-0.4, -0.2) is 23.0 Å². The largest absolute Gasteiger partial charge is 0.508 e. The number of benzene rings is 2. The molecule has 0 aliphatic carbocycles. The van der Waals surface area contributed by atoms with E-state index in [0.717, 1.165) is 16.7 Å². The van der Waals surface area contributed by atoms with E-state index in [2.05, 4.69) is 9.98 Å². The number of aromatic hydroxyl groups is 1. The average molecular weight is 507 g/mol. The predicted molar refractivity (Wildman–Crippen MR) is 110 cm³/mol. The van der Waals surface area contributed by atoms with E-state index in [0.29, 0.717) is 32.4 Å². The van der Waals surface area contributed by atoms with E-state index in [-0.39, 0.29) is 11.5 Å². The first-order valence-corrected chi connectivity index (χ1v) is 11.6. The van der Waals surface area contributed by atoms with Crippen LogP contribution in [0.5, 0.6) is 11.5 Å². The number of phenols is 1. The average Bonchev–Trinajstić information content (AvgIpc) is 3.13. The monoisotopic (exact) mass is 506 g/mol. The van der Waals surface area contributed by atoms with Crippen molar-refractivity contribution in [1.82, 2.24) is 4.98 Å². The van der Waals surface area contributed by atoms with E-state index in [1.165, 1.54) is 18.3 Å². The molecule has 10 nitrogen and oxygen atoms in total. The highest BCUT2D eigenvalue weighted by Gasteiger charge is 2.18. The SMILES string of the molecule is COc1ccc(-c2c/c(=[NH+]\c3nc(C)c(C(C)=O)s3)c3cc(O)ccc3o2)cc1.[O-][Cl+3]([O-])([O-])[O-]. The van der Waals surface area contributed by atoms with Gasteiger partial charge < -0.3 is 14.3 Å². The van der Waals surface area contributed by atoms with Gasteiger partial charge in [-0.15, -0.1) is 10.2 Å². The Hall–Kier alpha value is -3.32. The molecule has 0 aliphatic heterocycles. The third-order valence-electron chi connectivity index (χ3n) is 4.48. The van der Waals surface area contributed by atoms with Gasteiger partial charge in [0.2, 0.25) is 0 Å². The van der Waals surface area contributed by atoms with E-state index < -0.39 is 10.2 Å². The number of ether oxygens (including phenoxy) is 1. The number of Topliss-reactive ketones (excluding diaryl/α,β-unsaturated/α-hetero) is 1. The van der Waals surface area contributed by atoms with Gasteiger partial charge in [0.15, 0.2) is 11.5 Å². The number of thiazole rings is 1. The third-order valence-corrected chi connectivity index (χ3v) is 5.65. The zero-order chi connectivity index (χ0) is 25.0. The number of aryl methyl sites for hydroxylation is 1. The van der Waals surface area contributed by atoms with Crippen LogP contribution in [0.25, 0.3) is 22.3 Å². The molecular formula is C22H19ClN2O8S. The Morgan fingerprint density at radius 2 is 1.76 bits per heavy atom. The van der Waals surface area contributed by atoms with Gasteiger partial charge in [-0.3, -0.25) is 4.79 Å². The van der Waals surface area contributed by atoms with Crippen LogP contribution in [0.2, 0.25) is 0 Å². The molecule has 4 aromatic rings. The number of carbonyl (C=O) groups excluding carboxylic acids is 1. The molecule has 2 heterocycles. The maximum absolute atomic E-state index is 11.8. The Kier molecular flexibility index (Phi) is 7.67. The predicted octanol–water partition coefficient (Wildman–Crippen LogP) is -1.66. The van der Waals surface area contributed by atoms with E-state index in [1.807, 2.05) is 37.3 Å². The van der Waals surface area contributed by atoms with Crippen molar-refractivity contribution in [2.24, 2.45) is 0 Å². The Morgan fingerprint density at radius 1 is 1.12 bits per heavy atom. The van der Waals surface area contributed by atoms with Crippen molar-refractivity contribution in [3.05, 3.63) is 64.5 Å². The number of ketones is 1. The number of hydrogen-bond acceptors (Lipinski definition) is 10. The molecule has 34 heavy (non-hydrogen) atoms. The van der Waals surface area contributed by atoms with Crippen LogP contribution in [0.15, 0.2) is 52.9 Å². The molecule has 0 saturated carbocycles. The lowest BCUT2D eigenvalue weighted by atomic mass is 10.1. The highest BCUT2D eigenvalue weighted by Crippen LogP contribution is 2.25. The molecule has 0 atom stereocenters. The number of nitrogens with one attached hydrogen (secondary N) is 1. The molecule has 2 N–H and O–H groups in total. The molecule has 2 aromatic heterocycles. The maximum Gasteiger partial charge on any atom is 0.381 e. The van der Waals surface area contributed by atoms with Gasteiger partial charge in [0.25, 0.3) is 0 Å². The van der Waals surface area contributed by atoms with E-state index in [1.54, 1.807) is 25.3 Å². The lowest BCUT2D eigenvalue weighted by Gasteiger charge is -2.17. The van der Waals surface area contributed by atoms with Crippen molar-refractivity contribution in [2.75, 3.05) is 7.11 Å². The highest BCUT2D eigenvalue weighted by atomic mass is 35.7. The van der Waals surface area contributed by atoms with Crippen LogP contribution in [-0.2, 0) is 0 Å². The van der Waals surface area contributed by atoms with Gasteiger partial charge in [-0.1, -0.05) is 0 Å². The summed E-state index contributed by atoms with van der Waals surface area (Å²) in [5.74, 6) is 1.52. The summed E-state index contributed by atoms with van der Waals surface area (Å²) >= 11 is 1.30. The van der Waals surface area contributed by atoms with Crippen molar-refractivity contribution in [3.8, 4) is 22.8 Å². The summed E-state index contributed by atoms with van der Waals surface area (Å²) in [5.41, 5.74) is 2.18. The minimum atomic E-state index is -4.94. The summed E-state index contributed by atoms with van der Waals surface area (Å²) < 4.78 is 45.2. The molecule has 0 radical (unpaired) electrons. The maximum atomic E-state index is 11.8. The second-order valence-electron chi connectivity index (χ2n) is 6.93. The smallest absolute Gasteiger partial charge is 0.381 e. The number of carbonyl (C=O) groups is 1. The van der Waals surface area contributed by atoms with Crippen LogP contribution in [0, 0.1) is 17.2 Å². The molecule has 0 unspecified atom stereocenters. The quantitative estimate of drug-likeness (QED) is 0.306. The topological polar surface area (TPSA) is 179 Å². The van der Waals surface area contributed by atoms with Crippen molar-refractivity contribution < 1.29 is 52.9 Å². The lowest BCUT2D eigenvalue weighted by Crippen LogP contribution is -2.70. The fourth-order valence-electron chi connectivity index (χ4n) is 3.07. The molecular weight excluding hydrogens is 488 g/mol. The van der Waals surface area contributed by atoms with Crippen LogP contribution in [0.1, 0.15) is 22.3 Å². The first kappa shape index (κ1) is 25.3. The first-order valence-electron chi connectivity index (χ1n) is 9.56. The number of rotatable bonds is 4. The highest BCUT2D eigenvalue weighted by molar-refractivity contribution is 7.16. The van der Waals surface area contributed by atoms with Crippen LogP contribution in [0.4, 0.5) is 5.13 Å². The molecule has 0 fully saturated rings. The fraction of sp³-hybridized carbons (Fsp3) is 0.136. The minimum absolute atomic E-state index is 0.0162. The Morgan fingerprint density at radius 3 is 2.32 bits per heavy atom. The van der Waals surface area contributed by atoms with Crippen LogP contribution >= 0.6 is 11.3 Å². The summed E-state index contributed by atoms with van der Waals surface area (Å²) in [7, 11) is -3.32. The second kappa shape index (κ2) is 10.3. The van der Waals surface area contributed by atoms with E-state index in [4.69, 9.17) is 27.8 Å². The summed E-state index contributed by atoms with van der Waals surface area (Å²) in [6.07, 6.45) is 0. The van der Waals surface area contributed by atoms with Gasteiger partial charge in [0, 0.05) is 25.5 Å². The number of aromatic nitrogens is 1. The van der Waals surface area contributed by atoms with Gasteiger partial charge >= 0.3 is 5.13 Å². The molecule has 12 heteroatoms. The van der Waals surface area contributed by atoms with Gasteiger partial charge in [-0.25, -0.2) is 23.6 Å². The van der Waals surface area contributed by atoms with Crippen molar-refractivity contribution in [1.29, 1.82) is 0 Å². The van der Waals surface area contributed by atoms with Crippen molar-refractivity contribution in [2.45, 2.75) is 13.8 Å². The van der Waals surface area contributed by atoms with Gasteiger partial charge in [-0.2, -0.15) is 0 Å². The summed E-state index contributed by atoms with van der Waals surface area (Å²) in [6, 6.07) is 14.3. The van der Waals surface area contributed by atoms with Gasteiger partial charge in [0.05, 0.1) is 12.5 Å². The van der Waals surface area contributed by atoms with E-state index >= 15 is 0 Å². The number of hydrogen-bond donors (Lipinski definition) is 2. The van der Waals surface area contributed by atoms with Gasteiger partial charge in [-0.05, 0) is 58.8 Å². The van der Waals surface area contributed by atoms with Crippen LogP contribution in [0.3, 0.4) is 0 Å². The summed E-state index contributed by atoms with van der Waals surface area (Å²) in [4.78, 5) is 20.1. The molecule has 2 aromatic carbocycles. The number of nitrogens with zero attached hydrogens (tertiary/aromatic N) is 1. The van der Waals surface area contributed by atoms with Gasteiger partial charge in [0.1, 0.15) is 33.1 Å². The molecule has 178 valence electrons. The number of methoxy groups -OCH3 is 1. The molecule has 0 bridgehead atoms. The van der Waals surface area contributed by atoms with Crippen molar-refractivity contribution in [3.63, 3.8) is 0 Å².